The molecule has 2 heterocycles. The molecule has 2 aromatic rings. The number of hydrogen-bond donors (Lipinski definition) is 2. The van der Waals surface area contributed by atoms with Crippen molar-refractivity contribution < 1.29 is 4.79 Å². The van der Waals surface area contributed by atoms with Crippen LogP contribution in [-0.2, 0) is 6.54 Å². The molecular formula is C13H12N4O. The number of aromatic nitrogens is 2. The predicted molar refractivity (Wildman–Crippen MR) is 68.4 cm³/mol. The van der Waals surface area contributed by atoms with E-state index in [9.17, 15) is 4.79 Å². The van der Waals surface area contributed by atoms with Gasteiger partial charge < -0.3 is 10.3 Å². The summed E-state index contributed by atoms with van der Waals surface area (Å²) >= 11 is 0. The molecule has 18 heavy (non-hydrogen) atoms. The molecule has 5 heteroatoms. The molecule has 0 unspecified atom stereocenters. The molecule has 0 atom stereocenters. The summed E-state index contributed by atoms with van der Waals surface area (Å²) in [6, 6.07) is 7.58. The summed E-state index contributed by atoms with van der Waals surface area (Å²) in [5, 5.41) is 2.65. The molecule has 1 aliphatic heterocycles. The van der Waals surface area contributed by atoms with Gasteiger partial charge in [-0.2, -0.15) is 0 Å². The van der Waals surface area contributed by atoms with E-state index in [-0.39, 0.29) is 6.03 Å². The van der Waals surface area contributed by atoms with Crippen LogP contribution in [0.3, 0.4) is 0 Å². The summed E-state index contributed by atoms with van der Waals surface area (Å²) in [5.41, 5.74) is 2.47. The van der Waals surface area contributed by atoms with Gasteiger partial charge in [0.1, 0.15) is 5.82 Å². The molecule has 90 valence electrons. The summed E-state index contributed by atoms with van der Waals surface area (Å²) in [6.07, 6.45) is 3.46. The number of urea groups is 1. The van der Waals surface area contributed by atoms with Crippen LogP contribution in [-0.4, -0.2) is 20.9 Å². The van der Waals surface area contributed by atoms with Crippen LogP contribution in [0, 0.1) is 0 Å². The molecule has 5 nitrogen and oxygen atoms in total. The number of nitrogens with zero attached hydrogens (tertiary/aromatic N) is 2. The predicted octanol–water partition coefficient (Wildman–Crippen LogP) is 2.12. The van der Waals surface area contributed by atoms with Gasteiger partial charge in [-0.05, 0) is 18.2 Å². The lowest BCUT2D eigenvalue weighted by atomic mass is 10.3. The van der Waals surface area contributed by atoms with Crippen molar-refractivity contribution in [2.24, 2.45) is 0 Å². The van der Waals surface area contributed by atoms with Crippen molar-refractivity contribution in [3.05, 3.63) is 54.6 Å². The fourth-order valence-corrected chi connectivity index (χ4v) is 1.86. The molecule has 0 saturated carbocycles. The first-order valence-electron chi connectivity index (χ1n) is 5.61. The zero-order valence-corrected chi connectivity index (χ0v) is 9.68. The van der Waals surface area contributed by atoms with Crippen molar-refractivity contribution in [2.75, 3.05) is 0 Å². The van der Waals surface area contributed by atoms with Crippen molar-refractivity contribution in [1.82, 2.24) is 20.2 Å². The first-order chi connectivity index (χ1) is 8.72. The molecular weight excluding hydrogens is 228 g/mol. The van der Waals surface area contributed by atoms with Gasteiger partial charge in [-0.3, -0.25) is 4.90 Å². The van der Waals surface area contributed by atoms with Gasteiger partial charge in [-0.25, -0.2) is 9.78 Å². The van der Waals surface area contributed by atoms with Gasteiger partial charge >= 0.3 is 6.03 Å². The lowest BCUT2D eigenvalue weighted by molar-refractivity contribution is 0.214. The maximum absolute atomic E-state index is 11.7. The monoisotopic (exact) mass is 240 g/mol. The number of para-hydroxylation sites is 2. The maximum Gasteiger partial charge on any atom is 0.326 e. The van der Waals surface area contributed by atoms with E-state index >= 15 is 0 Å². The van der Waals surface area contributed by atoms with E-state index in [1.807, 2.05) is 24.3 Å². The van der Waals surface area contributed by atoms with E-state index in [2.05, 4.69) is 21.9 Å². The second-order valence-electron chi connectivity index (χ2n) is 4.10. The Kier molecular flexibility index (Phi) is 2.37. The average Bonchev–Trinajstić information content (AvgIpc) is 2.75. The largest absolute Gasteiger partial charge is 0.340 e. The SMILES string of the molecule is C=C1C=CN(Cc2nc3ccccc3[nH]2)C(=O)N1. The van der Waals surface area contributed by atoms with Crippen LogP contribution < -0.4 is 5.32 Å². The minimum Gasteiger partial charge on any atom is -0.340 e. The average molecular weight is 240 g/mol. The Morgan fingerprint density at radius 2 is 2.17 bits per heavy atom. The summed E-state index contributed by atoms with van der Waals surface area (Å²) < 4.78 is 0. The van der Waals surface area contributed by atoms with Crippen LogP contribution in [0.5, 0.6) is 0 Å². The fourth-order valence-electron chi connectivity index (χ4n) is 1.86. The normalized spacial score (nSPS) is 15.2. The van der Waals surface area contributed by atoms with Gasteiger partial charge in [-0.1, -0.05) is 18.7 Å². The van der Waals surface area contributed by atoms with Gasteiger partial charge in [0.15, 0.2) is 0 Å². The second kappa shape index (κ2) is 4.03. The van der Waals surface area contributed by atoms with E-state index < -0.39 is 0 Å². The molecule has 1 aromatic heterocycles. The van der Waals surface area contributed by atoms with E-state index in [0.29, 0.717) is 12.2 Å². The highest BCUT2D eigenvalue weighted by Gasteiger charge is 2.16. The molecule has 1 aromatic carbocycles. The summed E-state index contributed by atoms with van der Waals surface area (Å²) in [6.45, 7) is 4.08. The minimum atomic E-state index is -0.192. The first-order valence-corrected chi connectivity index (χ1v) is 5.61. The highest BCUT2D eigenvalue weighted by atomic mass is 16.2. The molecule has 0 saturated heterocycles. The Bertz CT molecular complexity index is 623. The van der Waals surface area contributed by atoms with E-state index in [0.717, 1.165) is 16.9 Å². The maximum atomic E-state index is 11.7. The zero-order chi connectivity index (χ0) is 12.5. The third-order valence-electron chi connectivity index (χ3n) is 2.74. The summed E-state index contributed by atoms with van der Waals surface area (Å²) in [5.74, 6) is 0.753. The van der Waals surface area contributed by atoms with Crippen LogP contribution in [0.15, 0.2) is 48.8 Å². The van der Waals surface area contributed by atoms with Gasteiger partial charge in [0.25, 0.3) is 0 Å². The van der Waals surface area contributed by atoms with Gasteiger partial charge in [0.2, 0.25) is 0 Å². The number of fused-ring (bicyclic) bond motifs is 1. The molecule has 0 bridgehead atoms. The Hall–Kier alpha value is -2.56. The number of benzene rings is 1. The summed E-state index contributed by atoms with van der Waals surface area (Å²) in [4.78, 5) is 20.8. The molecule has 0 spiro atoms. The molecule has 2 N–H and O–H groups in total. The first kappa shape index (κ1) is 10.6. The topological polar surface area (TPSA) is 61.0 Å². The highest BCUT2D eigenvalue weighted by Crippen LogP contribution is 2.13. The number of nitrogens with one attached hydrogen (secondary N) is 2. The summed E-state index contributed by atoms with van der Waals surface area (Å²) in [7, 11) is 0. The van der Waals surface area contributed by atoms with E-state index in [1.54, 1.807) is 17.2 Å². The smallest absolute Gasteiger partial charge is 0.326 e. The Labute approximate surface area is 104 Å². The Morgan fingerprint density at radius 3 is 2.94 bits per heavy atom. The number of hydrogen-bond acceptors (Lipinski definition) is 2. The highest BCUT2D eigenvalue weighted by molar-refractivity contribution is 5.79. The molecule has 2 amide bonds. The van der Waals surface area contributed by atoms with E-state index in [1.165, 1.54) is 0 Å². The Morgan fingerprint density at radius 1 is 1.33 bits per heavy atom. The Balaban J connectivity index is 1.86. The standard InChI is InChI=1S/C13H12N4O/c1-9-6-7-17(13(18)14-9)8-12-15-10-4-2-3-5-11(10)16-12/h2-7H,1,8H2,(H,14,18)(H,15,16). The van der Waals surface area contributed by atoms with Crippen LogP contribution in [0.1, 0.15) is 5.82 Å². The van der Waals surface area contributed by atoms with Crippen LogP contribution >= 0.6 is 0 Å². The lowest BCUT2D eigenvalue weighted by Gasteiger charge is -2.21. The number of H-pyrrole nitrogens is 1. The van der Waals surface area contributed by atoms with Gasteiger partial charge in [0, 0.05) is 11.9 Å². The molecule has 0 aliphatic carbocycles. The number of amides is 2. The number of aromatic amines is 1. The van der Waals surface area contributed by atoms with Crippen molar-refractivity contribution in [2.45, 2.75) is 6.54 Å². The van der Waals surface area contributed by atoms with Crippen molar-refractivity contribution in [1.29, 1.82) is 0 Å². The molecule has 0 radical (unpaired) electrons. The van der Waals surface area contributed by atoms with Crippen LogP contribution in [0.25, 0.3) is 11.0 Å². The van der Waals surface area contributed by atoms with Crippen molar-refractivity contribution in [3.8, 4) is 0 Å². The number of carbonyl (C=O) groups is 1. The fraction of sp³-hybridized carbons (Fsp3) is 0.0769. The lowest BCUT2D eigenvalue weighted by Crippen LogP contribution is -2.38. The van der Waals surface area contributed by atoms with Crippen molar-refractivity contribution >= 4 is 17.1 Å². The number of allylic oxidation sites excluding steroid dienone is 1. The third-order valence-corrected chi connectivity index (χ3v) is 2.74. The molecule has 1 aliphatic rings. The van der Waals surface area contributed by atoms with E-state index in [4.69, 9.17) is 0 Å². The van der Waals surface area contributed by atoms with Gasteiger partial charge in [-0.15, -0.1) is 0 Å². The van der Waals surface area contributed by atoms with Crippen LogP contribution in [0.2, 0.25) is 0 Å². The molecule has 3 rings (SSSR count). The third kappa shape index (κ3) is 1.86. The number of carbonyl (C=O) groups excluding carboxylic acids is 1. The zero-order valence-electron chi connectivity index (χ0n) is 9.68. The van der Waals surface area contributed by atoms with Crippen LogP contribution in [0.4, 0.5) is 4.79 Å². The van der Waals surface area contributed by atoms with Crippen molar-refractivity contribution in [3.63, 3.8) is 0 Å². The number of imidazole rings is 1. The van der Waals surface area contributed by atoms with Gasteiger partial charge in [0.05, 0.1) is 17.6 Å². The quantitative estimate of drug-likeness (QED) is 0.844. The number of rotatable bonds is 2. The molecule has 0 fully saturated rings. The second-order valence-corrected chi connectivity index (χ2v) is 4.10. The minimum absolute atomic E-state index is 0.192.